The average molecular weight is 531 g/mol. The highest BCUT2D eigenvalue weighted by Gasteiger charge is 2.27. The number of rotatable bonds is 6. The summed E-state index contributed by atoms with van der Waals surface area (Å²) in [5, 5.41) is 21.5. The van der Waals surface area contributed by atoms with Crippen LogP contribution in [0.25, 0.3) is 0 Å². The monoisotopic (exact) mass is 530 g/mol. The van der Waals surface area contributed by atoms with Crippen LogP contribution in [-0.4, -0.2) is 34.7 Å². The van der Waals surface area contributed by atoms with Gasteiger partial charge in [-0.2, -0.15) is 0 Å². The third kappa shape index (κ3) is 7.74. The lowest BCUT2D eigenvalue weighted by atomic mass is 9.76. The molecule has 39 heavy (non-hydrogen) atoms. The highest BCUT2D eigenvalue weighted by Crippen LogP contribution is 2.38. The first kappa shape index (κ1) is 29.4. The molecule has 4 rings (SSSR count). The van der Waals surface area contributed by atoms with Gasteiger partial charge in [0.25, 0.3) is 0 Å². The van der Waals surface area contributed by atoms with Gasteiger partial charge in [0.05, 0.1) is 0 Å². The highest BCUT2D eigenvalue weighted by molar-refractivity contribution is 5.85. The van der Waals surface area contributed by atoms with E-state index in [1.54, 1.807) is 0 Å². The summed E-state index contributed by atoms with van der Waals surface area (Å²) in [5.74, 6) is 2.38. The van der Waals surface area contributed by atoms with Crippen molar-refractivity contribution in [3.05, 3.63) is 58.7 Å². The van der Waals surface area contributed by atoms with E-state index in [2.05, 4.69) is 41.5 Å². The predicted octanol–water partition coefficient (Wildman–Crippen LogP) is 8.74. The Bertz CT molecular complexity index is 1060. The second-order valence-corrected chi connectivity index (χ2v) is 14.1. The summed E-state index contributed by atoms with van der Waals surface area (Å²) in [4.78, 5) is 9.76. The quantitative estimate of drug-likeness (QED) is 0.367. The van der Waals surface area contributed by atoms with Crippen molar-refractivity contribution in [1.29, 1.82) is 0 Å². The Kier molecular flexibility index (Phi) is 9.24. The molecule has 0 atom stereocenters. The van der Waals surface area contributed by atoms with Gasteiger partial charge >= 0.3 is 0 Å². The van der Waals surface area contributed by atoms with Gasteiger partial charge < -0.3 is 10.2 Å². The van der Waals surface area contributed by atoms with Crippen molar-refractivity contribution < 1.29 is 10.2 Å². The lowest BCUT2D eigenvalue weighted by Crippen LogP contribution is -2.23. The zero-order valence-electron chi connectivity index (χ0n) is 25.1. The lowest BCUT2D eigenvalue weighted by molar-refractivity contribution is 0.226. The minimum atomic E-state index is -0.0848. The van der Waals surface area contributed by atoms with E-state index in [9.17, 15) is 10.2 Å². The Labute approximate surface area is 236 Å². The van der Waals surface area contributed by atoms with Crippen molar-refractivity contribution in [3.8, 4) is 11.5 Å². The van der Waals surface area contributed by atoms with E-state index in [-0.39, 0.29) is 10.8 Å². The van der Waals surface area contributed by atoms with Crippen molar-refractivity contribution in [2.45, 2.75) is 122 Å². The topological polar surface area (TPSA) is 65.2 Å². The average Bonchev–Trinajstić information content (AvgIpc) is 2.88. The summed E-state index contributed by atoms with van der Waals surface area (Å²) in [6.07, 6.45) is 14.8. The fourth-order valence-electron chi connectivity index (χ4n) is 6.44. The molecule has 2 aliphatic carbocycles. The van der Waals surface area contributed by atoms with Crippen LogP contribution in [0.2, 0.25) is 0 Å². The van der Waals surface area contributed by atoms with Crippen LogP contribution < -0.4 is 0 Å². The van der Waals surface area contributed by atoms with Gasteiger partial charge in [-0.15, -0.1) is 0 Å². The smallest absolute Gasteiger partial charge is 0.128 e. The first-order valence-corrected chi connectivity index (χ1v) is 15.1. The van der Waals surface area contributed by atoms with Gasteiger partial charge in [-0.25, -0.2) is 0 Å². The molecular weight excluding hydrogens is 480 g/mol. The van der Waals surface area contributed by atoms with Crippen LogP contribution in [-0.2, 0) is 10.8 Å². The molecule has 0 radical (unpaired) electrons. The third-order valence-corrected chi connectivity index (χ3v) is 8.90. The number of aromatic hydroxyl groups is 2. The molecule has 0 aromatic heterocycles. The first-order valence-electron chi connectivity index (χ1n) is 15.1. The maximum Gasteiger partial charge on any atom is 0.128 e. The molecule has 4 nitrogen and oxygen atoms in total. The zero-order valence-corrected chi connectivity index (χ0v) is 25.1. The summed E-state index contributed by atoms with van der Waals surface area (Å²) in [5.41, 5.74) is 3.45. The molecule has 2 saturated carbocycles. The van der Waals surface area contributed by atoms with E-state index < -0.39 is 0 Å². The van der Waals surface area contributed by atoms with E-state index in [0.29, 0.717) is 23.6 Å². The maximum absolute atomic E-state index is 10.7. The van der Waals surface area contributed by atoms with Gasteiger partial charge in [-0.05, 0) is 104 Å². The normalized spacial score (nSPS) is 25.0. The van der Waals surface area contributed by atoms with Crippen LogP contribution in [0.3, 0.4) is 0 Å². The second-order valence-electron chi connectivity index (χ2n) is 14.1. The van der Waals surface area contributed by atoms with Crippen LogP contribution >= 0.6 is 0 Å². The van der Waals surface area contributed by atoms with Crippen LogP contribution in [0.15, 0.2) is 46.4 Å². The van der Waals surface area contributed by atoms with Gasteiger partial charge in [-0.1, -0.05) is 65.8 Å². The van der Waals surface area contributed by atoms with Gasteiger partial charge in [-0.3, -0.25) is 9.98 Å². The standard InChI is InChI=1S/C35H50N2O2/c1-34(2,3)30-11-7-9-26(32(30)38)22-36-28-17-13-24(14-18-28)21-25-15-19-29(20-16-25)37-23-27-10-8-12-31(33(27)39)35(4,5)6/h7-12,22-25,28-29,38-39H,13-21H2,1-6H3. The summed E-state index contributed by atoms with van der Waals surface area (Å²) in [6, 6.07) is 12.7. The number of hydrogen-bond donors (Lipinski definition) is 2. The lowest BCUT2D eigenvalue weighted by Gasteiger charge is -2.32. The van der Waals surface area contributed by atoms with Gasteiger partial charge in [0, 0.05) is 35.6 Å². The number of para-hydroxylation sites is 2. The molecule has 0 aliphatic heterocycles. The van der Waals surface area contributed by atoms with Gasteiger partial charge in [0.2, 0.25) is 0 Å². The SMILES string of the molecule is CC(C)(C)c1cccc(C=NC2CCC(CC3CCC(N=Cc4cccc(C(C)(C)C)c4O)CC3)CC2)c1O. The van der Waals surface area contributed by atoms with Gasteiger partial charge in [0.15, 0.2) is 0 Å². The molecule has 2 aromatic rings. The summed E-state index contributed by atoms with van der Waals surface area (Å²) < 4.78 is 0. The Balaban J connectivity index is 1.22. The molecule has 2 aromatic carbocycles. The number of phenols is 2. The van der Waals surface area contributed by atoms with E-state index in [4.69, 9.17) is 9.98 Å². The molecule has 0 spiro atoms. The zero-order chi connectivity index (χ0) is 28.2. The van der Waals surface area contributed by atoms with E-state index >= 15 is 0 Å². The predicted molar refractivity (Wildman–Crippen MR) is 165 cm³/mol. The number of aliphatic imine (C=N–C) groups is 2. The fourth-order valence-corrected chi connectivity index (χ4v) is 6.44. The molecular formula is C35H50N2O2. The van der Waals surface area contributed by atoms with E-state index in [0.717, 1.165) is 59.8 Å². The molecule has 2 N–H and O–H groups in total. The Morgan fingerprint density at radius 3 is 1.31 bits per heavy atom. The molecule has 0 amide bonds. The second kappa shape index (κ2) is 12.3. The minimum absolute atomic E-state index is 0.0848. The number of phenolic OH excluding ortho intramolecular Hbond substituents is 2. The molecule has 212 valence electrons. The highest BCUT2D eigenvalue weighted by atomic mass is 16.3. The summed E-state index contributed by atoms with van der Waals surface area (Å²) in [6.45, 7) is 12.8. The van der Waals surface area contributed by atoms with Crippen molar-refractivity contribution >= 4 is 12.4 Å². The van der Waals surface area contributed by atoms with Crippen LogP contribution in [0.4, 0.5) is 0 Å². The molecule has 0 unspecified atom stereocenters. The van der Waals surface area contributed by atoms with Crippen LogP contribution in [0.1, 0.15) is 122 Å². The molecule has 4 heteroatoms. The Morgan fingerprint density at radius 1 is 0.615 bits per heavy atom. The maximum atomic E-state index is 10.7. The molecule has 0 saturated heterocycles. The summed E-state index contributed by atoms with van der Waals surface area (Å²) in [7, 11) is 0. The van der Waals surface area contributed by atoms with Crippen LogP contribution in [0, 0.1) is 11.8 Å². The van der Waals surface area contributed by atoms with Crippen molar-refractivity contribution in [1.82, 2.24) is 0 Å². The molecule has 2 aliphatic rings. The van der Waals surface area contributed by atoms with Crippen molar-refractivity contribution in [3.63, 3.8) is 0 Å². The molecule has 0 bridgehead atoms. The van der Waals surface area contributed by atoms with Gasteiger partial charge in [0.1, 0.15) is 11.5 Å². The third-order valence-electron chi connectivity index (χ3n) is 8.90. The summed E-state index contributed by atoms with van der Waals surface area (Å²) >= 11 is 0. The largest absolute Gasteiger partial charge is 0.507 e. The van der Waals surface area contributed by atoms with E-state index in [1.807, 2.05) is 48.8 Å². The fraction of sp³-hybridized carbons (Fsp3) is 0.600. The minimum Gasteiger partial charge on any atom is -0.507 e. The number of benzene rings is 2. The first-order chi connectivity index (χ1) is 18.4. The molecule has 0 heterocycles. The van der Waals surface area contributed by atoms with Crippen molar-refractivity contribution in [2.24, 2.45) is 21.8 Å². The number of hydrogen-bond acceptors (Lipinski definition) is 4. The molecule has 2 fully saturated rings. The Hall–Kier alpha value is -2.62. The van der Waals surface area contributed by atoms with E-state index in [1.165, 1.54) is 32.1 Å². The van der Waals surface area contributed by atoms with Crippen LogP contribution in [0.5, 0.6) is 11.5 Å². The number of nitrogens with zero attached hydrogens (tertiary/aromatic N) is 2. The van der Waals surface area contributed by atoms with Crippen molar-refractivity contribution in [2.75, 3.05) is 0 Å². The Morgan fingerprint density at radius 2 is 0.974 bits per heavy atom.